The van der Waals surface area contributed by atoms with Crippen molar-refractivity contribution >= 4 is 17.1 Å². The van der Waals surface area contributed by atoms with Crippen LogP contribution in [-0.2, 0) is 6.61 Å². The van der Waals surface area contributed by atoms with E-state index in [9.17, 15) is 9.90 Å². The summed E-state index contributed by atoms with van der Waals surface area (Å²) in [7, 11) is 1.53. The molecule has 0 spiro atoms. The number of phenols is 1. The molecule has 7 heteroatoms. The van der Waals surface area contributed by atoms with Crippen LogP contribution in [0, 0.1) is 0 Å². The maximum absolute atomic E-state index is 13.1. The first kappa shape index (κ1) is 19.2. The predicted molar refractivity (Wildman–Crippen MR) is 114 cm³/mol. The molecule has 0 bridgehead atoms. The average molecular weight is 401 g/mol. The molecule has 0 aliphatic carbocycles. The molecule has 3 aromatic carbocycles. The monoisotopic (exact) mass is 401 g/mol. The quantitative estimate of drug-likeness (QED) is 0.499. The number of rotatable bonds is 6. The van der Waals surface area contributed by atoms with Crippen molar-refractivity contribution in [2.75, 3.05) is 7.11 Å². The lowest BCUT2D eigenvalue weighted by molar-refractivity contribution is 0.289. The summed E-state index contributed by atoms with van der Waals surface area (Å²) in [6, 6.07) is 21.1. The van der Waals surface area contributed by atoms with Crippen LogP contribution in [0.15, 0.2) is 82.7 Å². The van der Waals surface area contributed by atoms with Gasteiger partial charge in [-0.3, -0.25) is 4.79 Å². The van der Waals surface area contributed by atoms with Crippen LogP contribution in [-0.4, -0.2) is 28.1 Å². The first-order valence-corrected chi connectivity index (χ1v) is 9.25. The van der Waals surface area contributed by atoms with Gasteiger partial charge in [-0.25, -0.2) is 4.98 Å². The number of ether oxygens (including phenoxy) is 2. The summed E-state index contributed by atoms with van der Waals surface area (Å²) in [6.45, 7) is 0.0471. The smallest absolute Gasteiger partial charge is 0.282 e. The summed E-state index contributed by atoms with van der Waals surface area (Å²) < 4.78 is 12.1. The molecule has 0 saturated heterocycles. The van der Waals surface area contributed by atoms with E-state index in [1.165, 1.54) is 24.1 Å². The first-order valence-electron chi connectivity index (χ1n) is 9.25. The minimum absolute atomic E-state index is 0.0171. The highest BCUT2D eigenvalue weighted by Gasteiger charge is 2.11. The van der Waals surface area contributed by atoms with Gasteiger partial charge >= 0.3 is 0 Å². The van der Waals surface area contributed by atoms with Gasteiger partial charge in [0.25, 0.3) is 5.56 Å². The zero-order valence-corrected chi connectivity index (χ0v) is 16.2. The Morgan fingerprint density at radius 2 is 1.80 bits per heavy atom. The van der Waals surface area contributed by atoms with E-state index < -0.39 is 0 Å². The number of hydrogen-bond donors (Lipinski definition) is 1. The molecule has 4 rings (SSSR count). The molecule has 1 aromatic heterocycles. The van der Waals surface area contributed by atoms with Crippen molar-refractivity contribution in [2.24, 2.45) is 5.10 Å². The van der Waals surface area contributed by atoms with Gasteiger partial charge in [0, 0.05) is 5.56 Å². The van der Waals surface area contributed by atoms with Gasteiger partial charge in [0.05, 0.1) is 24.2 Å². The summed E-state index contributed by atoms with van der Waals surface area (Å²) in [4.78, 5) is 17.6. The van der Waals surface area contributed by atoms with Crippen molar-refractivity contribution < 1.29 is 14.6 Å². The zero-order valence-electron chi connectivity index (χ0n) is 16.2. The lowest BCUT2D eigenvalue weighted by Crippen LogP contribution is -2.23. The standard InChI is InChI=1S/C23H19N3O4/c1-29-18-11-12-21(27)16(13-18)14-24-26-22(15-30-17-7-3-2-4-8-17)25-20-10-6-5-9-19(20)23(26)28/h2-14,27H,15H2,1H3/b24-14+. The fourth-order valence-corrected chi connectivity index (χ4v) is 2.93. The third-order valence-electron chi connectivity index (χ3n) is 4.48. The van der Waals surface area contributed by atoms with Crippen LogP contribution in [0.25, 0.3) is 10.9 Å². The number of aromatic hydroxyl groups is 1. The Labute approximate surface area is 172 Å². The van der Waals surface area contributed by atoms with E-state index in [0.29, 0.717) is 33.8 Å². The Balaban J connectivity index is 1.76. The first-order chi connectivity index (χ1) is 14.7. The molecular weight excluding hydrogens is 382 g/mol. The van der Waals surface area contributed by atoms with Crippen LogP contribution in [0.1, 0.15) is 11.4 Å². The fraction of sp³-hybridized carbons (Fsp3) is 0.0870. The number of phenolic OH excluding ortho intramolecular Hbond substituents is 1. The molecule has 7 nitrogen and oxygen atoms in total. The molecule has 0 radical (unpaired) electrons. The summed E-state index contributed by atoms with van der Waals surface area (Å²) >= 11 is 0. The Morgan fingerprint density at radius 1 is 1.03 bits per heavy atom. The molecule has 0 saturated carbocycles. The van der Waals surface area contributed by atoms with E-state index in [1.807, 2.05) is 36.4 Å². The summed E-state index contributed by atoms with van der Waals surface area (Å²) in [5.74, 6) is 1.57. The minimum atomic E-state index is -0.328. The van der Waals surface area contributed by atoms with Crippen molar-refractivity contribution in [1.82, 2.24) is 9.66 Å². The number of hydrogen-bond acceptors (Lipinski definition) is 6. The second-order valence-electron chi connectivity index (χ2n) is 6.43. The van der Waals surface area contributed by atoms with Crippen LogP contribution in [0.5, 0.6) is 17.2 Å². The van der Waals surface area contributed by atoms with Crippen LogP contribution in [0.4, 0.5) is 0 Å². The molecule has 4 aromatic rings. The molecule has 0 aliphatic heterocycles. The molecule has 1 N–H and O–H groups in total. The van der Waals surface area contributed by atoms with Crippen LogP contribution < -0.4 is 15.0 Å². The second-order valence-corrected chi connectivity index (χ2v) is 6.43. The van der Waals surface area contributed by atoms with Crippen molar-refractivity contribution in [1.29, 1.82) is 0 Å². The van der Waals surface area contributed by atoms with Gasteiger partial charge in [0.15, 0.2) is 5.82 Å². The molecule has 0 unspecified atom stereocenters. The Kier molecular flexibility index (Phi) is 5.43. The van der Waals surface area contributed by atoms with Crippen molar-refractivity contribution in [3.63, 3.8) is 0 Å². The second kappa shape index (κ2) is 8.48. The van der Waals surface area contributed by atoms with E-state index in [-0.39, 0.29) is 17.9 Å². The van der Waals surface area contributed by atoms with Crippen molar-refractivity contribution in [3.05, 3.63) is 94.5 Å². The molecule has 0 amide bonds. The van der Waals surface area contributed by atoms with Crippen molar-refractivity contribution in [3.8, 4) is 17.2 Å². The summed E-state index contributed by atoms with van der Waals surface area (Å²) in [5.41, 5.74) is 0.639. The third-order valence-corrected chi connectivity index (χ3v) is 4.48. The molecule has 30 heavy (non-hydrogen) atoms. The highest BCUT2D eigenvalue weighted by atomic mass is 16.5. The highest BCUT2D eigenvalue weighted by Crippen LogP contribution is 2.21. The molecule has 0 fully saturated rings. The Morgan fingerprint density at radius 3 is 2.60 bits per heavy atom. The van der Waals surface area contributed by atoms with Crippen molar-refractivity contribution in [2.45, 2.75) is 6.61 Å². The SMILES string of the molecule is COc1ccc(O)c(/C=N/n2c(COc3ccccc3)nc3ccccc3c2=O)c1. The molecule has 0 atom stereocenters. The summed E-state index contributed by atoms with van der Waals surface area (Å²) in [5, 5.41) is 14.8. The molecule has 1 heterocycles. The molecule has 0 aliphatic rings. The van der Waals surface area contributed by atoms with Gasteiger partial charge in [-0.2, -0.15) is 9.78 Å². The van der Waals surface area contributed by atoms with E-state index in [2.05, 4.69) is 10.1 Å². The van der Waals surface area contributed by atoms with Gasteiger partial charge in [-0.15, -0.1) is 0 Å². The average Bonchev–Trinajstić information content (AvgIpc) is 2.79. The predicted octanol–water partition coefficient (Wildman–Crippen LogP) is 3.57. The van der Waals surface area contributed by atoms with E-state index in [0.717, 1.165) is 0 Å². The zero-order chi connectivity index (χ0) is 20.9. The van der Waals surface area contributed by atoms with E-state index >= 15 is 0 Å². The van der Waals surface area contributed by atoms with Gasteiger partial charge in [-0.05, 0) is 42.5 Å². The largest absolute Gasteiger partial charge is 0.507 e. The molecular formula is C23H19N3O4. The number of benzene rings is 3. The van der Waals surface area contributed by atoms with Gasteiger partial charge < -0.3 is 14.6 Å². The number of methoxy groups -OCH3 is 1. The number of nitrogens with zero attached hydrogens (tertiary/aromatic N) is 3. The highest BCUT2D eigenvalue weighted by molar-refractivity contribution is 5.84. The number of fused-ring (bicyclic) bond motifs is 1. The number of para-hydroxylation sites is 2. The van der Waals surface area contributed by atoms with Crippen LogP contribution in [0.3, 0.4) is 0 Å². The van der Waals surface area contributed by atoms with Crippen LogP contribution in [0.2, 0.25) is 0 Å². The van der Waals surface area contributed by atoms with Gasteiger partial charge in [-0.1, -0.05) is 30.3 Å². The van der Waals surface area contributed by atoms with Crippen LogP contribution >= 0.6 is 0 Å². The van der Waals surface area contributed by atoms with E-state index in [4.69, 9.17) is 9.47 Å². The third kappa shape index (κ3) is 4.00. The maximum Gasteiger partial charge on any atom is 0.282 e. The number of aromatic nitrogens is 2. The normalized spacial score (nSPS) is 11.1. The Hall–Kier alpha value is -4.13. The van der Waals surface area contributed by atoms with Gasteiger partial charge in [0.2, 0.25) is 0 Å². The van der Waals surface area contributed by atoms with E-state index in [1.54, 1.807) is 30.3 Å². The minimum Gasteiger partial charge on any atom is -0.507 e. The fourth-order valence-electron chi connectivity index (χ4n) is 2.93. The summed E-state index contributed by atoms with van der Waals surface area (Å²) in [6.07, 6.45) is 1.39. The lowest BCUT2D eigenvalue weighted by Gasteiger charge is -2.11. The van der Waals surface area contributed by atoms with Gasteiger partial charge in [0.1, 0.15) is 23.9 Å². The lowest BCUT2D eigenvalue weighted by atomic mass is 10.2. The maximum atomic E-state index is 13.1. The Bertz CT molecular complexity index is 1270. The topological polar surface area (TPSA) is 85.9 Å². The molecule has 150 valence electrons.